The van der Waals surface area contributed by atoms with Crippen molar-refractivity contribution in [3.8, 4) is 0 Å². The van der Waals surface area contributed by atoms with E-state index in [0.29, 0.717) is 17.1 Å². The molecule has 0 unspecified atom stereocenters. The van der Waals surface area contributed by atoms with Gasteiger partial charge in [-0.25, -0.2) is 9.59 Å². The first-order chi connectivity index (χ1) is 9.70. The summed E-state index contributed by atoms with van der Waals surface area (Å²) in [6.07, 6.45) is 1.66. The van der Waals surface area contributed by atoms with Gasteiger partial charge in [0, 0.05) is 6.20 Å². The lowest BCUT2D eigenvalue weighted by atomic mass is 10.3. The Hall–Kier alpha value is -2.41. The maximum absolute atomic E-state index is 11.7. The molecular weight excluding hydrogens is 278 g/mol. The molecule has 0 aliphatic rings. The van der Waals surface area contributed by atoms with Gasteiger partial charge in [-0.15, -0.1) is 11.3 Å². The van der Waals surface area contributed by atoms with Crippen LogP contribution in [0.4, 0.5) is 10.5 Å². The maximum Gasteiger partial charge on any atom is 0.350 e. The first-order valence-corrected chi connectivity index (χ1v) is 6.69. The van der Waals surface area contributed by atoms with Gasteiger partial charge in [-0.05, 0) is 23.6 Å². The maximum atomic E-state index is 11.7. The van der Waals surface area contributed by atoms with E-state index in [1.807, 2.05) is 12.1 Å². The van der Waals surface area contributed by atoms with E-state index < -0.39 is 12.0 Å². The summed E-state index contributed by atoms with van der Waals surface area (Å²) in [7, 11) is 1.30. The van der Waals surface area contributed by atoms with Crippen LogP contribution in [0.2, 0.25) is 0 Å². The lowest BCUT2D eigenvalue weighted by molar-refractivity contribution is 0.0607. The van der Waals surface area contributed by atoms with Crippen molar-refractivity contribution in [2.24, 2.45) is 0 Å². The molecule has 0 saturated heterocycles. The predicted molar refractivity (Wildman–Crippen MR) is 75.8 cm³/mol. The van der Waals surface area contributed by atoms with Crippen LogP contribution in [0.5, 0.6) is 0 Å². The van der Waals surface area contributed by atoms with Gasteiger partial charge in [-0.1, -0.05) is 6.07 Å². The third kappa shape index (κ3) is 3.55. The number of carbonyl (C=O) groups excluding carboxylic acids is 2. The molecule has 7 heteroatoms. The van der Waals surface area contributed by atoms with Crippen molar-refractivity contribution in [1.29, 1.82) is 0 Å². The Balaban J connectivity index is 1.92. The summed E-state index contributed by atoms with van der Waals surface area (Å²) < 4.78 is 4.64. The van der Waals surface area contributed by atoms with E-state index in [2.05, 4.69) is 20.4 Å². The zero-order valence-electron chi connectivity index (χ0n) is 10.8. The van der Waals surface area contributed by atoms with E-state index in [0.717, 1.165) is 5.69 Å². The van der Waals surface area contributed by atoms with E-state index in [1.165, 1.54) is 18.4 Å². The van der Waals surface area contributed by atoms with Gasteiger partial charge in [-0.2, -0.15) is 0 Å². The molecule has 2 heterocycles. The Morgan fingerprint density at radius 1 is 1.35 bits per heavy atom. The molecular formula is C13H13N3O3S. The number of rotatable bonds is 4. The summed E-state index contributed by atoms with van der Waals surface area (Å²) in [5, 5.41) is 6.98. The molecule has 20 heavy (non-hydrogen) atoms. The molecule has 2 rings (SSSR count). The average molecular weight is 291 g/mol. The molecule has 2 aromatic heterocycles. The topological polar surface area (TPSA) is 80.3 Å². The molecule has 2 N–H and O–H groups in total. The number of amides is 2. The highest BCUT2D eigenvalue weighted by Crippen LogP contribution is 2.22. The number of nitrogens with one attached hydrogen (secondary N) is 2. The number of thiophene rings is 1. The van der Waals surface area contributed by atoms with Gasteiger partial charge in [0.05, 0.1) is 25.0 Å². The first-order valence-electron chi connectivity index (χ1n) is 5.81. The normalized spacial score (nSPS) is 9.85. The van der Waals surface area contributed by atoms with Gasteiger partial charge in [0.1, 0.15) is 4.88 Å². The van der Waals surface area contributed by atoms with Crippen LogP contribution >= 0.6 is 11.3 Å². The van der Waals surface area contributed by atoms with Gasteiger partial charge in [0.25, 0.3) is 0 Å². The molecule has 0 radical (unpaired) electrons. The second-order valence-electron chi connectivity index (χ2n) is 3.78. The van der Waals surface area contributed by atoms with E-state index >= 15 is 0 Å². The summed E-state index contributed by atoms with van der Waals surface area (Å²) in [4.78, 5) is 27.7. The fraction of sp³-hybridized carbons (Fsp3) is 0.154. The van der Waals surface area contributed by atoms with Crippen LogP contribution in [0.1, 0.15) is 15.4 Å². The van der Waals surface area contributed by atoms with Gasteiger partial charge < -0.3 is 15.4 Å². The van der Waals surface area contributed by atoms with Crippen LogP contribution in [0, 0.1) is 0 Å². The van der Waals surface area contributed by atoms with Gasteiger partial charge in [0.2, 0.25) is 0 Å². The number of hydrogen-bond donors (Lipinski definition) is 2. The first kappa shape index (κ1) is 14.0. The molecule has 104 valence electrons. The fourth-order valence-corrected chi connectivity index (χ4v) is 2.26. The number of pyridine rings is 1. The number of anilines is 1. The molecule has 0 atom stereocenters. The second kappa shape index (κ2) is 6.67. The Kier molecular flexibility index (Phi) is 4.67. The zero-order valence-corrected chi connectivity index (χ0v) is 11.6. The molecule has 0 spiro atoms. The molecule has 0 bridgehead atoms. The molecule has 2 aromatic rings. The van der Waals surface area contributed by atoms with E-state index in [1.54, 1.807) is 23.7 Å². The highest BCUT2D eigenvalue weighted by atomic mass is 32.1. The van der Waals surface area contributed by atoms with Crippen LogP contribution in [0.3, 0.4) is 0 Å². The third-order valence-electron chi connectivity index (χ3n) is 2.44. The summed E-state index contributed by atoms with van der Waals surface area (Å²) in [6, 6.07) is 6.70. The van der Waals surface area contributed by atoms with Crippen molar-refractivity contribution >= 4 is 29.0 Å². The monoisotopic (exact) mass is 291 g/mol. The summed E-state index contributed by atoms with van der Waals surface area (Å²) in [5.74, 6) is -0.472. The molecule has 2 amide bonds. The van der Waals surface area contributed by atoms with E-state index in [9.17, 15) is 9.59 Å². The number of methoxy groups -OCH3 is 1. The molecule has 0 fully saturated rings. The molecule has 0 saturated carbocycles. The van der Waals surface area contributed by atoms with Crippen LogP contribution in [-0.2, 0) is 11.3 Å². The van der Waals surface area contributed by atoms with Crippen molar-refractivity contribution in [3.63, 3.8) is 0 Å². The number of urea groups is 1. The lowest BCUT2D eigenvalue weighted by Gasteiger charge is -2.07. The van der Waals surface area contributed by atoms with Crippen molar-refractivity contribution in [2.75, 3.05) is 12.4 Å². The molecule has 0 aliphatic carbocycles. The Labute approximate surface area is 119 Å². The van der Waals surface area contributed by atoms with Crippen LogP contribution < -0.4 is 10.6 Å². The largest absolute Gasteiger partial charge is 0.465 e. The number of hydrogen-bond acceptors (Lipinski definition) is 5. The van der Waals surface area contributed by atoms with Crippen molar-refractivity contribution < 1.29 is 14.3 Å². The summed E-state index contributed by atoms with van der Waals surface area (Å²) in [5.41, 5.74) is 1.18. The van der Waals surface area contributed by atoms with E-state index in [-0.39, 0.29) is 0 Å². The quantitative estimate of drug-likeness (QED) is 0.847. The standard InChI is InChI=1S/C13H13N3O3S/c1-19-12(17)11-10(5-7-20-11)16-13(18)15-8-9-4-2-3-6-14-9/h2-7H,8H2,1H3,(H2,15,16,18). The third-order valence-corrected chi connectivity index (χ3v) is 3.33. The van der Waals surface area contributed by atoms with Crippen LogP contribution in [-0.4, -0.2) is 24.1 Å². The van der Waals surface area contributed by atoms with Gasteiger partial charge in [-0.3, -0.25) is 4.98 Å². The number of carbonyl (C=O) groups is 2. The Morgan fingerprint density at radius 3 is 2.90 bits per heavy atom. The fourth-order valence-electron chi connectivity index (χ4n) is 1.50. The van der Waals surface area contributed by atoms with Crippen LogP contribution in [0.15, 0.2) is 35.8 Å². The number of ether oxygens (including phenoxy) is 1. The SMILES string of the molecule is COC(=O)c1sccc1NC(=O)NCc1ccccn1. The lowest BCUT2D eigenvalue weighted by Crippen LogP contribution is -2.28. The number of esters is 1. The predicted octanol–water partition coefficient (Wildman–Crippen LogP) is 2.25. The highest BCUT2D eigenvalue weighted by Gasteiger charge is 2.15. The molecule has 0 aromatic carbocycles. The number of aromatic nitrogens is 1. The Bertz CT molecular complexity index is 598. The molecule has 0 aliphatic heterocycles. The number of nitrogens with zero attached hydrogens (tertiary/aromatic N) is 1. The van der Waals surface area contributed by atoms with Crippen molar-refractivity contribution in [3.05, 3.63) is 46.4 Å². The average Bonchev–Trinajstić information content (AvgIpc) is 2.93. The second-order valence-corrected chi connectivity index (χ2v) is 4.70. The molecule has 6 nitrogen and oxygen atoms in total. The highest BCUT2D eigenvalue weighted by molar-refractivity contribution is 7.12. The smallest absolute Gasteiger partial charge is 0.350 e. The minimum Gasteiger partial charge on any atom is -0.465 e. The van der Waals surface area contributed by atoms with E-state index in [4.69, 9.17) is 0 Å². The minimum absolute atomic E-state index is 0.310. The summed E-state index contributed by atoms with van der Waals surface area (Å²) in [6.45, 7) is 0.310. The van der Waals surface area contributed by atoms with Crippen molar-refractivity contribution in [1.82, 2.24) is 10.3 Å². The van der Waals surface area contributed by atoms with Crippen LogP contribution in [0.25, 0.3) is 0 Å². The Morgan fingerprint density at radius 2 is 2.20 bits per heavy atom. The van der Waals surface area contributed by atoms with Crippen molar-refractivity contribution in [2.45, 2.75) is 6.54 Å². The zero-order chi connectivity index (χ0) is 14.4. The van der Waals surface area contributed by atoms with Gasteiger partial charge >= 0.3 is 12.0 Å². The minimum atomic E-state index is -0.472. The van der Waals surface area contributed by atoms with Gasteiger partial charge in [0.15, 0.2) is 0 Å². The summed E-state index contributed by atoms with van der Waals surface area (Å²) >= 11 is 1.21.